The maximum absolute atomic E-state index is 13.6. The van der Waals surface area contributed by atoms with E-state index in [1.54, 1.807) is 13.0 Å². The van der Waals surface area contributed by atoms with Crippen molar-refractivity contribution in [3.8, 4) is 5.88 Å². The molecule has 0 aliphatic carbocycles. The highest BCUT2D eigenvalue weighted by molar-refractivity contribution is 5.95. The molecule has 2 heterocycles. The number of aromatic nitrogens is 1. The second kappa shape index (κ2) is 6.76. The fourth-order valence-electron chi connectivity index (χ4n) is 3.11. The summed E-state index contributed by atoms with van der Waals surface area (Å²) >= 11 is 0. The standard InChI is InChI=1S/C18H18F2N2O3/c1-10-5-12(7-17(21-10)25-2)18(24)22-9-13(23)8-16(22)11-3-4-14(19)15(20)6-11/h3-7,13,16,23H,8-9H2,1-2H3/t13-,16-/m1/s1. The van der Waals surface area contributed by atoms with Crippen molar-refractivity contribution in [2.75, 3.05) is 13.7 Å². The van der Waals surface area contributed by atoms with Crippen molar-refractivity contribution in [1.29, 1.82) is 0 Å². The van der Waals surface area contributed by atoms with Gasteiger partial charge in [-0.05, 0) is 37.1 Å². The van der Waals surface area contributed by atoms with Crippen LogP contribution < -0.4 is 4.74 Å². The smallest absolute Gasteiger partial charge is 0.254 e. The van der Waals surface area contributed by atoms with Gasteiger partial charge >= 0.3 is 0 Å². The topological polar surface area (TPSA) is 62.7 Å². The molecule has 3 rings (SSSR count). The number of halogens is 2. The van der Waals surface area contributed by atoms with Gasteiger partial charge in [0.2, 0.25) is 5.88 Å². The van der Waals surface area contributed by atoms with Crippen LogP contribution in [0.4, 0.5) is 8.78 Å². The molecule has 0 unspecified atom stereocenters. The molecule has 0 spiro atoms. The van der Waals surface area contributed by atoms with Gasteiger partial charge in [0.25, 0.3) is 5.91 Å². The minimum absolute atomic E-state index is 0.117. The number of aryl methyl sites for hydroxylation is 1. The molecule has 132 valence electrons. The quantitative estimate of drug-likeness (QED) is 0.926. The first kappa shape index (κ1) is 17.3. The number of methoxy groups -OCH3 is 1. The molecule has 1 aromatic carbocycles. The van der Waals surface area contributed by atoms with Crippen LogP contribution in [0.1, 0.15) is 34.1 Å². The molecule has 1 fully saturated rings. The van der Waals surface area contributed by atoms with Crippen molar-refractivity contribution in [2.24, 2.45) is 0 Å². The lowest BCUT2D eigenvalue weighted by Gasteiger charge is -2.25. The van der Waals surface area contributed by atoms with Crippen molar-refractivity contribution in [3.63, 3.8) is 0 Å². The van der Waals surface area contributed by atoms with Crippen LogP contribution >= 0.6 is 0 Å². The van der Waals surface area contributed by atoms with Crippen LogP contribution in [-0.4, -0.2) is 40.7 Å². The Morgan fingerprint density at radius 2 is 2.04 bits per heavy atom. The number of aliphatic hydroxyl groups excluding tert-OH is 1. The van der Waals surface area contributed by atoms with Crippen LogP contribution in [-0.2, 0) is 0 Å². The van der Waals surface area contributed by atoms with E-state index in [2.05, 4.69) is 4.98 Å². The summed E-state index contributed by atoms with van der Waals surface area (Å²) in [7, 11) is 1.46. The number of hydrogen-bond acceptors (Lipinski definition) is 4. The summed E-state index contributed by atoms with van der Waals surface area (Å²) in [6.45, 7) is 1.86. The molecule has 1 aliphatic heterocycles. The van der Waals surface area contributed by atoms with Gasteiger partial charge in [-0.15, -0.1) is 0 Å². The van der Waals surface area contributed by atoms with Gasteiger partial charge < -0.3 is 14.7 Å². The molecule has 2 aromatic rings. The van der Waals surface area contributed by atoms with Gasteiger partial charge in [0.1, 0.15) is 0 Å². The number of pyridine rings is 1. The van der Waals surface area contributed by atoms with Gasteiger partial charge in [-0.25, -0.2) is 13.8 Å². The van der Waals surface area contributed by atoms with Crippen molar-refractivity contribution >= 4 is 5.91 Å². The maximum Gasteiger partial charge on any atom is 0.254 e. The van der Waals surface area contributed by atoms with Gasteiger partial charge in [0, 0.05) is 23.9 Å². The van der Waals surface area contributed by atoms with E-state index in [0.29, 0.717) is 22.7 Å². The maximum atomic E-state index is 13.6. The monoisotopic (exact) mass is 348 g/mol. The van der Waals surface area contributed by atoms with Crippen LogP contribution in [0, 0.1) is 18.6 Å². The third kappa shape index (κ3) is 3.46. The SMILES string of the molecule is COc1cc(C(=O)N2C[C@H](O)C[C@@H]2c2ccc(F)c(F)c2)cc(C)n1. The Morgan fingerprint density at radius 3 is 2.72 bits per heavy atom. The number of rotatable bonds is 3. The number of likely N-dealkylation sites (tertiary alicyclic amines) is 1. The van der Waals surface area contributed by atoms with E-state index in [9.17, 15) is 18.7 Å². The molecule has 2 atom stereocenters. The molecule has 0 bridgehead atoms. The lowest BCUT2D eigenvalue weighted by molar-refractivity contribution is 0.0715. The Balaban J connectivity index is 1.94. The third-order valence-corrected chi connectivity index (χ3v) is 4.25. The van der Waals surface area contributed by atoms with E-state index in [0.717, 1.165) is 12.1 Å². The number of hydrogen-bond donors (Lipinski definition) is 1. The zero-order valence-corrected chi connectivity index (χ0v) is 13.9. The number of amides is 1. The Bertz CT molecular complexity index is 813. The summed E-state index contributed by atoms with van der Waals surface area (Å²) in [5, 5.41) is 10.0. The third-order valence-electron chi connectivity index (χ3n) is 4.25. The van der Waals surface area contributed by atoms with E-state index in [4.69, 9.17) is 4.74 Å². The van der Waals surface area contributed by atoms with Gasteiger partial charge in [0.05, 0.1) is 19.3 Å². The second-order valence-electron chi connectivity index (χ2n) is 6.08. The number of ether oxygens (including phenoxy) is 1. The van der Waals surface area contributed by atoms with Gasteiger partial charge in [-0.2, -0.15) is 0 Å². The first-order valence-corrected chi connectivity index (χ1v) is 7.85. The molecule has 7 heteroatoms. The highest BCUT2D eigenvalue weighted by Crippen LogP contribution is 2.34. The van der Waals surface area contributed by atoms with E-state index in [-0.39, 0.29) is 18.9 Å². The molecule has 1 amide bonds. The molecule has 0 saturated carbocycles. The average Bonchev–Trinajstić information content (AvgIpc) is 2.97. The highest BCUT2D eigenvalue weighted by atomic mass is 19.2. The highest BCUT2D eigenvalue weighted by Gasteiger charge is 2.36. The lowest BCUT2D eigenvalue weighted by atomic mass is 10.0. The van der Waals surface area contributed by atoms with Gasteiger partial charge in [-0.3, -0.25) is 4.79 Å². The van der Waals surface area contributed by atoms with Crippen LogP contribution in [0.15, 0.2) is 30.3 Å². The first-order chi connectivity index (χ1) is 11.9. The summed E-state index contributed by atoms with van der Waals surface area (Å²) in [5.74, 6) is -1.94. The van der Waals surface area contributed by atoms with Crippen LogP contribution in [0.3, 0.4) is 0 Å². The second-order valence-corrected chi connectivity index (χ2v) is 6.08. The zero-order chi connectivity index (χ0) is 18.1. The van der Waals surface area contributed by atoms with Crippen LogP contribution in [0.25, 0.3) is 0 Å². The normalized spacial score (nSPS) is 20.0. The average molecular weight is 348 g/mol. The van der Waals surface area contributed by atoms with Crippen molar-refractivity contribution in [1.82, 2.24) is 9.88 Å². The Morgan fingerprint density at radius 1 is 1.28 bits per heavy atom. The summed E-state index contributed by atoms with van der Waals surface area (Å²) in [4.78, 5) is 18.5. The molecule has 5 nitrogen and oxygen atoms in total. The number of β-amino-alcohol motifs (C(OH)–C–C–N with tert-alkyl or cyclic N) is 1. The van der Waals surface area contributed by atoms with Crippen molar-refractivity contribution < 1.29 is 23.4 Å². The van der Waals surface area contributed by atoms with E-state index in [1.165, 1.54) is 24.1 Å². The number of carbonyl (C=O) groups excluding carboxylic acids is 1. The van der Waals surface area contributed by atoms with E-state index in [1.807, 2.05) is 0 Å². The number of nitrogens with zero attached hydrogens (tertiary/aromatic N) is 2. The largest absolute Gasteiger partial charge is 0.481 e. The van der Waals surface area contributed by atoms with E-state index >= 15 is 0 Å². The summed E-state index contributed by atoms with van der Waals surface area (Å²) in [6.07, 6.45) is -0.468. The van der Waals surface area contributed by atoms with Gasteiger partial charge in [-0.1, -0.05) is 6.07 Å². The van der Waals surface area contributed by atoms with Crippen molar-refractivity contribution in [3.05, 3.63) is 58.8 Å². The fraction of sp³-hybridized carbons (Fsp3) is 0.333. The summed E-state index contributed by atoms with van der Waals surface area (Å²) in [5.41, 5.74) is 1.43. The first-order valence-electron chi connectivity index (χ1n) is 7.85. The Kier molecular flexibility index (Phi) is 4.67. The molecule has 25 heavy (non-hydrogen) atoms. The minimum Gasteiger partial charge on any atom is -0.481 e. The predicted octanol–water partition coefficient (Wildman–Crippen LogP) is 2.62. The molecule has 1 aliphatic rings. The Hall–Kier alpha value is -2.54. The fourth-order valence-corrected chi connectivity index (χ4v) is 3.11. The molecule has 0 radical (unpaired) electrons. The summed E-state index contributed by atoms with van der Waals surface area (Å²) < 4.78 is 31.8. The van der Waals surface area contributed by atoms with Crippen LogP contribution in [0.5, 0.6) is 5.88 Å². The molecule has 1 saturated heterocycles. The zero-order valence-electron chi connectivity index (χ0n) is 13.9. The van der Waals surface area contributed by atoms with Crippen molar-refractivity contribution in [2.45, 2.75) is 25.5 Å². The molecule has 1 aromatic heterocycles. The summed E-state index contributed by atoms with van der Waals surface area (Å²) in [6, 6.07) is 6.13. The molecular formula is C18H18F2N2O3. The number of benzene rings is 1. The number of carbonyl (C=O) groups is 1. The van der Waals surface area contributed by atoms with Crippen LogP contribution in [0.2, 0.25) is 0 Å². The predicted molar refractivity (Wildman–Crippen MR) is 86.3 cm³/mol. The number of aliphatic hydroxyl groups is 1. The Labute approximate surface area is 143 Å². The molecule has 1 N–H and O–H groups in total. The lowest BCUT2D eigenvalue weighted by Crippen LogP contribution is -2.32. The molecular weight excluding hydrogens is 330 g/mol. The van der Waals surface area contributed by atoms with E-state index < -0.39 is 23.8 Å². The minimum atomic E-state index is -0.979. The van der Waals surface area contributed by atoms with Gasteiger partial charge in [0.15, 0.2) is 11.6 Å².